The molecule has 4 aromatic rings. The molecule has 0 N–H and O–H groups in total. The molecule has 0 saturated heterocycles. The summed E-state index contributed by atoms with van der Waals surface area (Å²) in [5.74, 6) is 0. The zero-order valence-corrected chi connectivity index (χ0v) is 13.9. The highest BCUT2D eigenvalue weighted by molar-refractivity contribution is 6.36. The Kier molecular flexibility index (Phi) is 3.72. The van der Waals surface area contributed by atoms with E-state index in [0.717, 1.165) is 27.2 Å². The summed E-state index contributed by atoms with van der Waals surface area (Å²) in [6, 6.07) is 24.8. The van der Waals surface area contributed by atoms with Gasteiger partial charge in [0.1, 0.15) is 0 Å². The zero-order valence-electron chi connectivity index (χ0n) is 12.4. The van der Waals surface area contributed by atoms with E-state index in [2.05, 4.69) is 48.5 Å². The minimum atomic E-state index is 0.797. The highest BCUT2D eigenvalue weighted by atomic mass is 35.5. The molecule has 4 aromatic carbocycles. The van der Waals surface area contributed by atoms with E-state index < -0.39 is 0 Å². The Balaban J connectivity index is 1.89. The molecule has 2 heteroatoms. The molecular formula is C21H14Cl2. The van der Waals surface area contributed by atoms with Crippen LogP contribution in [0.25, 0.3) is 21.5 Å². The SMILES string of the molecule is Clc1cccc2c(Cc3cccc4c(Cl)cccc34)cccc12. The molecule has 112 valence electrons. The summed E-state index contributed by atoms with van der Waals surface area (Å²) in [5, 5.41) is 6.21. The molecule has 0 atom stereocenters. The Morgan fingerprint density at radius 3 is 1.35 bits per heavy atom. The monoisotopic (exact) mass is 336 g/mol. The van der Waals surface area contributed by atoms with E-state index in [1.165, 1.54) is 21.9 Å². The van der Waals surface area contributed by atoms with Crippen molar-refractivity contribution >= 4 is 44.7 Å². The van der Waals surface area contributed by atoms with Gasteiger partial charge in [-0.05, 0) is 40.5 Å². The topological polar surface area (TPSA) is 0 Å². The van der Waals surface area contributed by atoms with Crippen molar-refractivity contribution in [2.24, 2.45) is 0 Å². The third kappa shape index (κ3) is 2.59. The highest BCUT2D eigenvalue weighted by Crippen LogP contribution is 2.31. The first-order chi connectivity index (χ1) is 11.2. The molecule has 0 radical (unpaired) electrons. The van der Waals surface area contributed by atoms with Gasteiger partial charge in [0.05, 0.1) is 0 Å². The fraction of sp³-hybridized carbons (Fsp3) is 0.0476. The summed E-state index contributed by atoms with van der Waals surface area (Å²) in [7, 11) is 0. The summed E-state index contributed by atoms with van der Waals surface area (Å²) in [6.45, 7) is 0. The van der Waals surface area contributed by atoms with Gasteiger partial charge in [-0.25, -0.2) is 0 Å². The van der Waals surface area contributed by atoms with Crippen LogP contribution in [-0.4, -0.2) is 0 Å². The third-order valence-corrected chi connectivity index (χ3v) is 4.96. The Hall–Kier alpha value is -2.02. The van der Waals surface area contributed by atoms with E-state index in [9.17, 15) is 0 Å². The molecule has 23 heavy (non-hydrogen) atoms. The third-order valence-electron chi connectivity index (χ3n) is 4.30. The second-order valence-corrected chi connectivity index (χ2v) is 6.50. The average Bonchev–Trinajstić information content (AvgIpc) is 2.57. The Bertz CT molecular complexity index is 935. The first-order valence-electron chi connectivity index (χ1n) is 7.56. The molecular weight excluding hydrogens is 323 g/mol. The molecule has 0 amide bonds. The molecule has 0 bridgehead atoms. The van der Waals surface area contributed by atoms with Gasteiger partial charge in [0.2, 0.25) is 0 Å². The van der Waals surface area contributed by atoms with Crippen LogP contribution in [0.2, 0.25) is 10.0 Å². The predicted octanol–water partition coefficient (Wildman–Crippen LogP) is 6.89. The smallest absolute Gasteiger partial charge is 0.0484 e. The number of hydrogen-bond acceptors (Lipinski definition) is 0. The molecule has 4 rings (SSSR count). The van der Waals surface area contributed by atoms with Crippen LogP contribution >= 0.6 is 23.2 Å². The van der Waals surface area contributed by atoms with Gasteiger partial charge in [-0.2, -0.15) is 0 Å². The Labute approximate surface area is 145 Å². The summed E-state index contributed by atoms with van der Waals surface area (Å²) in [5.41, 5.74) is 2.55. The molecule has 0 aromatic heterocycles. The fourth-order valence-electron chi connectivity index (χ4n) is 3.19. The van der Waals surface area contributed by atoms with Crippen LogP contribution in [0.5, 0.6) is 0 Å². The summed E-state index contributed by atoms with van der Waals surface area (Å²) >= 11 is 12.7. The van der Waals surface area contributed by atoms with Crippen molar-refractivity contribution in [2.75, 3.05) is 0 Å². The minimum Gasteiger partial charge on any atom is -0.0837 e. The molecule has 0 unspecified atom stereocenters. The van der Waals surface area contributed by atoms with Gasteiger partial charge >= 0.3 is 0 Å². The van der Waals surface area contributed by atoms with Crippen LogP contribution in [0.15, 0.2) is 72.8 Å². The van der Waals surface area contributed by atoms with Crippen LogP contribution in [-0.2, 0) is 6.42 Å². The van der Waals surface area contributed by atoms with Crippen LogP contribution in [0.3, 0.4) is 0 Å². The van der Waals surface area contributed by atoms with E-state index in [0.29, 0.717) is 0 Å². The van der Waals surface area contributed by atoms with E-state index in [-0.39, 0.29) is 0 Å². The molecule has 0 aliphatic carbocycles. The highest BCUT2D eigenvalue weighted by Gasteiger charge is 2.08. The largest absolute Gasteiger partial charge is 0.0837 e. The van der Waals surface area contributed by atoms with Crippen molar-refractivity contribution in [1.29, 1.82) is 0 Å². The molecule has 0 saturated carbocycles. The quantitative estimate of drug-likeness (QED) is 0.373. The normalized spacial score (nSPS) is 11.2. The van der Waals surface area contributed by atoms with E-state index in [1.807, 2.05) is 24.3 Å². The number of rotatable bonds is 2. The number of hydrogen-bond donors (Lipinski definition) is 0. The minimum absolute atomic E-state index is 0.797. The van der Waals surface area contributed by atoms with E-state index in [1.54, 1.807) is 0 Å². The predicted molar refractivity (Wildman–Crippen MR) is 101 cm³/mol. The number of halogens is 2. The summed E-state index contributed by atoms with van der Waals surface area (Å²) in [6.07, 6.45) is 0.857. The van der Waals surface area contributed by atoms with Gasteiger partial charge in [0, 0.05) is 20.8 Å². The fourth-order valence-corrected chi connectivity index (χ4v) is 3.66. The van der Waals surface area contributed by atoms with Crippen molar-refractivity contribution in [3.8, 4) is 0 Å². The van der Waals surface area contributed by atoms with E-state index >= 15 is 0 Å². The lowest BCUT2D eigenvalue weighted by Gasteiger charge is -2.11. The first-order valence-corrected chi connectivity index (χ1v) is 8.32. The van der Waals surface area contributed by atoms with Gasteiger partial charge < -0.3 is 0 Å². The van der Waals surface area contributed by atoms with Gasteiger partial charge in [-0.1, -0.05) is 83.9 Å². The molecule has 0 nitrogen and oxygen atoms in total. The number of fused-ring (bicyclic) bond motifs is 2. The first kappa shape index (κ1) is 14.6. The summed E-state index contributed by atoms with van der Waals surface area (Å²) in [4.78, 5) is 0. The van der Waals surface area contributed by atoms with Crippen molar-refractivity contribution in [3.63, 3.8) is 0 Å². The maximum atomic E-state index is 6.33. The van der Waals surface area contributed by atoms with Crippen LogP contribution in [0.4, 0.5) is 0 Å². The van der Waals surface area contributed by atoms with Crippen LogP contribution in [0.1, 0.15) is 11.1 Å². The van der Waals surface area contributed by atoms with Crippen LogP contribution < -0.4 is 0 Å². The van der Waals surface area contributed by atoms with Crippen LogP contribution in [0, 0.1) is 0 Å². The summed E-state index contributed by atoms with van der Waals surface area (Å²) < 4.78 is 0. The van der Waals surface area contributed by atoms with Gasteiger partial charge in [0.25, 0.3) is 0 Å². The van der Waals surface area contributed by atoms with Crippen molar-refractivity contribution in [3.05, 3.63) is 94.0 Å². The second-order valence-electron chi connectivity index (χ2n) is 5.68. The maximum absolute atomic E-state index is 6.33. The molecule has 0 heterocycles. The lowest BCUT2D eigenvalue weighted by Crippen LogP contribution is -1.92. The van der Waals surface area contributed by atoms with Gasteiger partial charge in [-0.15, -0.1) is 0 Å². The standard InChI is InChI=1S/C21H14Cl2/c22-20-11-3-7-16-14(5-1-9-18(16)20)13-15-6-2-10-19-17(15)8-4-12-21(19)23/h1-12H,13H2. The van der Waals surface area contributed by atoms with Gasteiger partial charge in [0.15, 0.2) is 0 Å². The maximum Gasteiger partial charge on any atom is 0.0484 e. The Morgan fingerprint density at radius 1 is 0.478 bits per heavy atom. The second kappa shape index (κ2) is 5.88. The lowest BCUT2D eigenvalue weighted by molar-refractivity contribution is 1.24. The Morgan fingerprint density at radius 2 is 0.870 bits per heavy atom. The van der Waals surface area contributed by atoms with E-state index in [4.69, 9.17) is 23.2 Å². The van der Waals surface area contributed by atoms with Crippen molar-refractivity contribution in [2.45, 2.75) is 6.42 Å². The van der Waals surface area contributed by atoms with Gasteiger partial charge in [-0.3, -0.25) is 0 Å². The molecule has 0 aliphatic rings. The van der Waals surface area contributed by atoms with Crippen molar-refractivity contribution < 1.29 is 0 Å². The zero-order chi connectivity index (χ0) is 15.8. The lowest BCUT2D eigenvalue weighted by atomic mass is 9.95. The molecule has 0 fully saturated rings. The molecule has 0 spiro atoms. The number of benzene rings is 4. The average molecular weight is 337 g/mol. The van der Waals surface area contributed by atoms with Crippen molar-refractivity contribution in [1.82, 2.24) is 0 Å². The molecule has 0 aliphatic heterocycles.